The second-order valence-corrected chi connectivity index (χ2v) is 11.5. The summed E-state index contributed by atoms with van der Waals surface area (Å²) in [4.78, 5) is 0. The van der Waals surface area contributed by atoms with E-state index in [4.69, 9.17) is 9.47 Å². The molecule has 8 rings (SSSR count). The molecule has 194 valence electrons. The third-order valence-corrected chi connectivity index (χ3v) is 9.26. The van der Waals surface area contributed by atoms with Crippen molar-refractivity contribution in [2.75, 3.05) is 6.54 Å². The van der Waals surface area contributed by atoms with Crippen LogP contribution in [0.3, 0.4) is 0 Å². The van der Waals surface area contributed by atoms with Crippen molar-refractivity contribution in [2.24, 2.45) is 0 Å². The van der Waals surface area contributed by atoms with E-state index in [1.165, 1.54) is 48.8 Å². The topological polar surface area (TPSA) is 30.5 Å². The van der Waals surface area contributed by atoms with Crippen molar-refractivity contribution in [1.82, 2.24) is 5.32 Å². The number of allylic oxidation sites excluding steroid dienone is 5. The van der Waals surface area contributed by atoms with E-state index < -0.39 is 5.41 Å². The molecule has 0 aromatic heterocycles. The van der Waals surface area contributed by atoms with Gasteiger partial charge in [0.25, 0.3) is 0 Å². The summed E-state index contributed by atoms with van der Waals surface area (Å²) in [5, 5.41) is 3.69. The first-order chi connectivity index (χ1) is 19.3. The molecule has 2 aliphatic carbocycles. The number of nitrogens with one attached hydrogen (secondary N) is 1. The van der Waals surface area contributed by atoms with Crippen molar-refractivity contribution >= 4 is 0 Å². The van der Waals surface area contributed by atoms with E-state index in [9.17, 15) is 0 Å². The van der Waals surface area contributed by atoms with Crippen LogP contribution in [-0.2, 0) is 5.41 Å². The van der Waals surface area contributed by atoms with Crippen molar-refractivity contribution in [2.45, 2.75) is 68.7 Å². The number of fused-ring (bicyclic) bond motifs is 8. The summed E-state index contributed by atoms with van der Waals surface area (Å²) in [6.45, 7) is 1.05. The predicted molar refractivity (Wildman–Crippen MR) is 153 cm³/mol. The van der Waals surface area contributed by atoms with E-state index in [1.807, 2.05) is 0 Å². The first-order valence-electron chi connectivity index (χ1n) is 14.7. The Balaban J connectivity index is 1.39. The Bertz CT molecular complexity index is 1540. The average Bonchev–Trinajstić information content (AvgIpc) is 3.01. The SMILES string of the molecule is c1c(C2CCCCN2)cc2c(c#1)C1(C3=CCCC=C3Oc3ccccc31)c1ccc(C3C=CCCC3)cc1O2. The normalized spacial score (nSPS) is 26.5. The van der Waals surface area contributed by atoms with Gasteiger partial charge in [-0.1, -0.05) is 67.1 Å². The fraction of sp³-hybridized carbons (Fsp3) is 0.333. The first-order valence-corrected chi connectivity index (χ1v) is 14.7. The minimum absolute atomic E-state index is 0.297. The number of rotatable bonds is 2. The fourth-order valence-corrected chi connectivity index (χ4v) is 7.39. The number of hydrogen-bond acceptors (Lipinski definition) is 3. The van der Waals surface area contributed by atoms with Gasteiger partial charge in [-0.25, -0.2) is 0 Å². The van der Waals surface area contributed by atoms with Crippen LogP contribution in [0.25, 0.3) is 0 Å². The highest BCUT2D eigenvalue weighted by Gasteiger charge is 2.52. The van der Waals surface area contributed by atoms with Crippen molar-refractivity contribution in [1.29, 1.82) is 0 Å². The third kappa shape index (κ3) is 3.55. The van der Waals surface area contributed by atoms with Crippen molar-refractivity contribution in [3.63, 3.8) is 0 Å². The summed E-state index contributed by atoms with van der Waals surface area (Å²) < 4.78 is 13.4. The maximum atomic E-state index is 6.87. The van der Waals surface area contributed by atoms with Crippen LogP contribution in [0.2, 0.25) is 0 Å². The van der Waals surface area contributed by atoms with Gasteiger partial charge in [0, 0.05) is 34.2 Å². The van der Waals surface area contributed by atoms with Crippen molar-refractivity contribution in [3.05, 3.63) is 124 Å². The van der Waals surface area contributed by atoms with Crippen molar-refractivity contribution < 1.29 is 9.47 Å². The lowest BCUT2D eigenvalue weighted by Crippen LogP contribution is -2.40. The van der Waals surface area contributed by atoms with Crippen LogP contribution in [0.5, 0.6) is 17.2 Å². The maximum absolute atomic E-state index is 6.87. The monoisotopic (exact) mass is 511 g/mol. The Morgan fingerprint density at radius 3 is 2.62 bits per heavy atom. The minimum Gasteiger partial charge on any atom is -0.457 e. The van der Waals surface area contributed by atoms with Gasteiger partial charge in [0.1, 0.15) is 23.0 Å². The summed E-state index contributed by atoms with van der Waals surface area (Å²) in [6, 6.07) is 25.3. The highest BCUT2D eigenvalue weighted by molar-refractivity contribution is 5.75. The van der Waals surface area contributed by atoms with Crippen LogP contribution in [0.4, 0.5) is 0 Å². The number of hydrogen-bond donors (Lipinski definition) is 1. The van der Waals surface area contributed by atoms with E-state index in [2.05, 4.69) is 90.3 Å². The molecular weight excluding hydrogens is 478 g/mol. The zero-order valence-corrected chi connectivity index (χ0v) is 22.3. The second kappa shape index (κ2) is 9.18. The lowest BCUT2D eigenvalue weighted by Gasteiger charge is -2.46. The van der Waals surface area contributed by atoms with E-state index in [-0.39, 0.29) is 0 Å². The molecule has 1 fully saturated rings. The highest BCUT2D eigenvalue weighted by atomic mass is 16.5. The molecule has 5 aliphatic rings. The van der Waals surface area contributed by atoms with Crippen LogP contribution < -0.4 is 14.8 Å². The van der Waals surface area contributed by atoms with Crippen LogP contribution in [0.15, 0.2) is 84.2 Å². The molecule has 3 heterocycles. The molecule has 1 saturated heterocycles. The lowest BCUT2D eigenvalue weighted by atomic mass is 9.61. The summed E-state index contributed by atoms with van der Waals surface area (Å²) >= 11 is 0. The van der Waals surface area contributed by atoms with E-state index in [0.29, 0.717) is 12.0 Å². The molecule has 3 unspecified atom stereocenters. The van der Waals surface area contributed by atoms with Gasteiger partial charge in [0.05, 0.1) is 11.0 Å². The van der Waals surface area contributed by atoms with Gasteiger partial charge in [0.15, 0.2) is 0 Å². The molecular formula is C36H33NO2. The van der Waals surface area contributed by atoms with E-state index >= 15 is 0 Å². The fourth-order valence-electron chi connectivity index (χ4n) is 7.39. The molecule has 0 bridgehead atoms. The molecule has 0 amide bonds. The van der Waals surface area contributed by atoms with Crippen LogP contribution >= 0.6 is 0 Å². The minimum atomic E-state index is -0.556. The number of ether oxygens (including phenoxy) is 2. The van der Waals surface area contributed by atoms with Crippen molar-refractivity contribution in [3.8, 4) is 17.2 Å². The van der Waals surface area contributed by atoms with E-state index in [1.54, 1.807) is 0 Å². The molecule has 0 saturated carbocycles. The quantitative estimate of drug-likeness (QED) is 0.351. The van der Waals surface area contributed by atoms with Gasteiger partial charge in [-0.05, 0) is 81.3 Å². The second-order valence-electron chi connectivity index (χ2n) is 11.5. The average molecular weight is 512 g/mol. The zero-order valence-electron chi connectivity index (χ0n) is 22.3. The Morgan fingerprint density at radius 1 is 0.795 bits per heavy atom. The van der Waals surface area contributed by atoms with Crippen LogP contribution in [-0.4, -0.2) is 6.54 Å². The molecule has 3 aromatic carbocycles. The molecule has 3 aliphatic heterocycles. The first kappa shape index (κ1) is 23.2. The largest absolute Gasteiger partial charge is 0.457 e. The standard InChI is InChI=1S/C36H33NO2/c1-2-10-24(11-3-1)25-17-19-29-34(22-25)39-35-23-26(31-14-8-9-21-37-31)18-20-30(35)36(29)27-12-4-6-15-32(27)38-33-16-7-5-13-28(33)36/h2,4,6,10,12-13,15-17,19,22-24,31,37H,1,3,5,7-9,11,14,21H2. The Morgan fingerprint density at radius 2 is 1.72 bits per heavy atom. The summed E-state index contributed by atoms with van der Waals surface area (Å²) in [5.41, 5.74) is 6.48. The number of para-hydroxylation sites is 1. The molecule has 3 atom stereocenters. The van der Waals surface area contributed by atoms with Crippen LogP contribution in [0, 0.1) is 12.1 Å². The number of piperidine rings is 1. The third-order valence-electron chi connectivity index (χ3n) is 9.26. The highest BCUT2D eigenvalue weighted by Crippen LogP contribution is 2.61. The van der Waals surface area contributed by atoms with Gasteiger partial charge in [-0.3, -0.25) is 0 Å². The summed E-state index contributed by atoms with van der Waals surface area (Å²) in [6.07, 6.45) is 18.5. The summed E-state index contributed by atoms with van der Waals surface area (Å²) in [5.74, 6) is 4.15. The molecule has 39 heavy (non-hydrogen) atoms. The molecule has 3 nitrogen and oxygen atoms in total. The van der Waals surface area contributed by atoms with Gasteiger partial charge in [0.2, 0.25) is 0 Å². The lowest BCUT2D eigenvalue weighted by molar-refractivity contribution is 0.361. The van der Waals surface area contributed by atoms with Gasteiger partial charge in [-0.15, -0.1) is 0 Å². The molecule has 1 N–H and O–H groups in total. The van der Waals surface area contributed by atoms with Crippen LogP contribution in [0.1, 0.15) is 91.1 Å². The number of benzene rings is 2. The molecule has 0 radical (unpaired) electrons. The zero-order chi connectivity index (χ0) is 25.8. The molecule has 1 spiro atoms. The van der Waals surface area contributed by atoms with E-state index in [0.717, 1.165) is 65.5 Å². The maximum Gasteiger partial charge on any atom is 0.141 e. The van der Waals surface area contributed by atoms with Gasteiger partial charge >= 0.3 is 0 Å². The smallest absolute Gasteiger partial charge is 0.141 e. The van der Waals surface area contributed by atoms with Gasteiger partial charge < -0.3 is 14.8 Å². The summed E-state index contributed by atoms with van der Waals surface area (Å²) in [7, 11) is 0. The Labute approximate surface area is 231 Å². The van der Waals surface area contributed by atoms with Gasteiger partial charge in [-0.2, -0.15) is 0 Å². The predicted octanol–water partition coefficient (Wildman–Crippen LogP) is 8.36. The molecule has 3 aromatic rings. The Kier molecular flexibility index (Phi) is 5.45. The molecule has 3 heteroatoms. The Hall–Kier alpha value is -3.74.